The van der Waals surface area contributed by atoms with Crippen molar-refractivity contribution in [2.45, 2.75) is 63.6 Å². The molecule has 3 atom stereocenters. The molecule has 3 aliphatic heterocycles. The van der Waals surface area contributed by atoms with Gasteiger partial charge in [-0.1, -0.05) is 72.8 Å². The highest BCUT2D eigenvalue weighted by Gasteiger charge is 2.41. The highest BCUT2D eigenvalue weighted by Crippen LogP contribution is 2.39. The summed E-state index contributed by atoms with van der Waals surface area (Å²) in [6.07, 6.45) is 1.64. The van der Waals surface area contributed by atoms with Crippen molar-refractivity contribution in [1.29, 1.82) is 0 Å². The molecule has 2 amide bonds. The van der Waals surface area contributed by atoms with Crippen LogP contribution in [0.4, 0.5) is 4.79 Å². The Morgan fingerprint density at radius 2 is 1.62 bits per heavy atom. The number of nitrogens with one attached hydrogen (secondary N) is 2. The predicted octanol–water partition coefficient (Wildman–Crippen LogP) is 4.59. The van der Waals surface area contributed by atoms with Gasteiger partial charge in [-0.05, 0) is 34.7 Å². The SMILES string of the molecule is CCOC(=O)CNC(=O)NCc1ccccc1-c1ccc([C@H]2O[C@@H](CN3CCC4(CC3)OCCO4)C[C@@H](c3ccc(CO)cc3)O2)cc1. The number of benzene rings is 3. The van der Waals surface area contributed by atoms with E-state index in [1.807, 2.05) is 72.8 Å². The van der Waals surface area contributed by atoms with Crippen LogP contribution in [0.1, 0.15) is 60.8 Å². The minimum absolute atomic E-state index is 0.00172. The molecule has 3 N–H and O–H groups in total. The molecule has 3 aliphatic rings. The minimum atomic E-state index is -0.557. The molecule has 256 valence electrons. The largest absolute Gasteiger partial charge is 0.465 e. The fourth-order valence-corrected chi connectivity index (χ4v) is 6.56. The first-order valence-corrected chi connectivity index (χ1v) is 16.8. The van der Waals surface area contributed by atoms with E-state index in [0.717, 1.165) is 72.3 Å². The van der Waals surface area contributed by atoms with Gasteiger partial charge in [-0.2, -0.15) is 0 Å². The van der Waals surface area contributed by atoms with Crippen LogP contribution in [0.3, 0.4) is 0 Å². The van der Waals surface area contributed by atoms with Crippen molar-refractivity contribution in [2.75, 3.05) is 46.0 Å². The standard InChI is InChI=1S/C37H45N3O8/c1-2-44-34(42)23-39-36(43)38-22-30-5-3-4-6-32(30)27-11-13-29(14-12-27)35-47-31(21-33(48-35)28-9-7-26(25-41)8-10-28)24-40-17-15-37(16-18-40)45-19-20-46-37/h3-14,31,33,35,41H,2,15-25H2,1H3,(H2,38,39,43)/t31-,33+,35+/m1/s1. The third-order valence-corrected chi connectivity index (χ3v) is 9.16. The maximum Gasteiger partial charge on any atom is 0.325 e. The average molecular weight is 660 g/mol. The summed E-state index contributed by atoms with van der Waals surface area (Å²) >= 11 is 0. The maximum atomic E-state index is 12.3. The molecule has 1 spiro atoms. The molecular formula is C37H45N3O8. The zero-order valence-corrected chi connectivity index (χ0v) is 27.4. The monoisotopic (exact) mass is 659 g/mol. The van der Waals surface area contributed by atoms with Crippen LogP contribution in [0, 0.1) is 0 Å². The summed E-state index contributed by atoms with van der Waals surface area (Å²) in [5.74, 6) is -0.898. The van der Waals surface area contributed by atoms with Gasteiger partial charge in [0.05, 0.1) is 38.6 Å². The number of carbonyl (C=O) groups is 2. The smallest absolute Gasteiger partial charge is 0.325 e. The van der Waals surface area contributed by atoms with Crippen LogP contribution in [0.5, 0.6) is 0 Å². The van der Waals surface area contributed by atoms with Gasteiger partial charge in [0.15, 0.2) is 12.1 Å². The summed E-state index contributed by atoms with van der Waals surface area (Å²) < 4.78 is 29.9. The summed E-state index contributed by atoms with van der Waals surface area (Å²) in [6, 6.07) is 23.5. The number of rotatable bonds is 11. The number of esters is 1. The lowest BCUT2D eigenvalue weighted by Gasteiger charge is -2.41. The number of aliphatic hydroxyl groups excluding tert-OH is 1. The topological polar surface area (TPSA) is 128 Å². The molecule has 0 aromatic heterocycles. The molecule has 3 fully saturated rings. The Morgan fingerprint density at radius 3 is 2.33 bits per heavy atom. The van der Waals surface area contributed by atoms with Crippen LogP contribution in [0.15, 0.2) is 72.8 Å². The Hall–Kier alpha value is -3.84. The van der Waals surface area contributed by atoms with Crippen LogP contribution >= 0.6 is 0 Å². The summed E-state index contributed by atoms with van der Waals surface area (Å²) in [5, 5.41) is 14.9. The van der Waals surface area contributed by atoms with Crippen molar-refractivity contribution >= 4 is 12.0 Å². The average Bonchev–Trinajstić information content (AvgIpc) is 3.59. The van der Waals surface area contributed by atoms with Crippen molar-refractivity contribution in [2.24, 2.45) is 0 Å². The van der Waals surface area contributed by atoms with Crippen molar-refractivity contribution in [3.63, 3.8) is 0 Å². The van der Waals surface area contributed by atoms with E-state index in [0.29, 0.717) is 13.2 Å². The van der Waals surface area contributed by atoms with E-state index in [2.05, 4.69) is 15.5 Å². The third kappa shape index (κ3) is 8.59. The van der Waals surface area contributed by atoms with Crippen LogP contribution in [0.25, 0.3) is 11.1 Å². The summed E-state index contributed by atoms with van der Waals surface area (Å²) in [5.41, 5.74) is 5.74. The van der Waals surface area contributed by atoms with Gasteiger partial charge >= 0.3 is 12.0 Å². The van der Waals surface area contributed by atoms with Crippen LogP contribution in [0.2, 0.25) is 0 Å². The number of urea groups is 1. The van der Waals surface area contributed by atoms with Crippen LogP contribution in [-0.2, 0) is 41.6 Å². The first kappa shape index (κ1) is 34.0. The van der Waals surface area contributed by atoms with Gasteiger partial charge in [0.2, 0.25) is 0 Å². The zero-order chi connectivity index (χ0) is 33.3. The number of piperidine rings is 1. The van der Waals surface area contributed by atoms with E-state index < -0.39 is 24.1 Å². The number of aliphatic hydroxyl groups is 1. The van der Waals surface area contributed by atoms with Crippen molar-refractivity contribution in [3.05, 3.63) is 95.1 Å². The van der Waals surface area contributed by atoms with E-state index in [1.54, 1.807) is 6.92 Å². The number of carbonyl (C=O) groups excluding carboxylic acids is 2. The van der Waals surface area contributed by atoms with Gasteiger partial charge in [-0.15, -0.1) is 0 Å². The summed E-state index contributed by atoms with van der Waals surface area (Å²) in [4.78, 5) is 26.3. The van der Waals surface area contributed by atoms with Crippen LogP contribution < -0.4 is 10.6 Å². The molecule has 0 aliphatic carbocycles. The van der Waals surface area contributed by atoms with Gasteiger partial charge in [-0.25, -0.2) is 4.79 Å². The van der Waals surface area contributed by atoms with E-state index in [9.17, 15) is 14.7 Å². The Labute approximate surface area is 281 Å². The number of likely N-dealkylation sites (tertiary alicyclic amines) is 1. The number of ether oxygens (including phenoxy) is 5. The fraction of sp³-hybridized carbons (Fsp3) is 0.459. The number of amides is 2. The van der Waals surface area contributed by atoms with E-state index in [4.69, 9.17) is 23.7 Å². The zero-order valence-electron chi connectivity index (χ0n) is 27.4. The first-order chi connectivity index (χ1) is 23.4. The van der Waals surface area contributed by atoms with Crippen LogP contribution in [-0.4, -0.2) is 79.9 Å². The van der Waals surface area contributed by atoms with Crippen molar-refractivity contribution in [1.82, 2.24) is 15.5 Å². The highest BCUT2D eigenvalue weighted by molar-refractivity contribution is 5.81. The van der Waals surface area contributed by atoms with Gasteiger partial charge in [0.25, 0.3) is 0 Å². The Kier molecular flexibility index (Phi) is 11.4. The highest BCUT2D eigenvalue weighted by atomic mass is 16.7. The van der Waals surface area contributed by atoms with Crippen molar-refractivity contribution < 1.29 is 38.4 Å². The molecule has 6 rings (SSSR count). The van der Waals surface area contributed by atoms with E-state index in [-0.39, 0.29) is 38.5 Å². The molecule has 0 bridgehead atoms. The second-order valence-corrected chi connectivity index (χ2v) is 12.4. The Bertz CT molecular complexity index is 1500. The molecule has 48 heavy (non-hydrogen) atoms. The predicted molar refractivity (Wildman–Crippen MR) is 177 cm³/mol. The molecule has 3 saturated heterocycles. The Balaban J connectivity index is 1.13. The first-order valence-electron chi connectivity index (χ1n) is 16.8. The quantitative estimate of drug-likeness (QED) is 0.253. The molecule has 3 aromatic rings. The summed E-state index contributed by atoms with van der Waals surface area (Å²) in [6.45, 7) is 5.97. The molecule has 11 heteroatoms. The molecule has 0 unspecified atom stereocenters. The molecule has 0 saturated carbocycles. The van der Waals surface area contributed by atoms with E-state index in [1.165, 1.54) is 0 Å². The third-order valence-electron chi connectivity index (χ3n) is 9.16. The lowest BCUT2D eigenvalue weighted by Crippen LogP contribution is -2.48. The van der Waals surface area contributed by atoms with Gasteiger partial charge in [-0.3, -0.25) is 4.79 Å². The van der Waals surface area contributed by atoms with Gasteiger partial charge < -0.3 is 44.3 Å². The molecule has 3 aromatic carbocycles. The fourth-order valence-electron chi connectivity index (χ4n) is 6.56. The maximum absolute atomic E-state index is 12.3. The number of hydrogen-bond donors (Lipinski definition) is 3. The lowest BCUT2D eigenvalue weighted by atomic mass is 9.97. The van der Waals surface area contributed by atoms with Gasteiger partial charge in [0.1, 0.15) is 6.54 Å². The number of hydrogen-bond acceptors (Lipinski definition) is 9. The van der Waals surface area contributed by atoms with Crippen molar-refractivity contribution in [3.8, 4) is 11.1 Å². The van der Waals surface area contributed by atoms with Gasteiger partial charge in [0, 0.05) is 51.0 Å². The molecule has 0 radical (unpaired) electrons. The minimum Gasteiger partial charge on any atom is -0.465 e. The molecule has 3 heterocycles. The number of nitrogens with zero attached hydrogens (tertiary/aromatic N) is 1. The molecule has 11 nitrogen and oxygen atoms in total. The lowest BCUT2D eigenvalue weighted by molar-refractivity contribution is -0.255. The summed E-state index contributed by atoms with van der Waals surface area (Å²) in [7, 11) is 0. The Morgan fingerprint density at radius 1 is 0.917 bits per heavy atom. The normalized spacial score (nSPS) is 22.3. The second kappa shape index (κ2) is 16.0. The second-order valence-electron chi connectivity index (χ2n) is 12.4. The van der Waals surface area contributed by atoms with E-state index >= 15 is 0 Å². The molecular weight excluding hydrogens is 614 g/mol.